The fraction of sp³-hybridized carbons (Fsp3) is 0.100. The van der Waals surface area contributed by atoms with Crippen LogP contribution in [0.3, 0.4) is 0 Å². The van der Waals surface area contributed by atoms with Crippen LogP contribution in [-0.4, -0.2) is 15.5 Å². The van der Waals surface area contributed by atoms with Gasteiger partial charge in [-0.3, -0.25) is 9.59 Å². The largest absolute Gasteiger partial charge is 0.366 e. The average Bonchev–Trinajstić information content (AvgIpc) is 2.74. The van der Waals surface area contributed by atoms with Gasteiger partial charge in [-0.05, 0) is 6.07 Å². The molecule has 0 aliphatic rings. The highest BCUT2D eigenvalue weighted by Gasteiger charge is 2.15. The van der Waals surface area contributed by atoms with Crippen molar-refractivity contribution in [2.45, 2.75) is 0 Å². The molecule has 1 amide bonds. The van der Waals surface area contributed by atoms with Crippen molar-refractivity contribution < 1.29 is 4.79 Å². The van der Waals surface area contributed by atoms with Gasteiger partial charge in [0.15, 0.2) is 0 Å². The van der Waals surface area contributed by atoms with Crippen LogP contribution in [0.4, 0.5) is 0 Å². The number of thiazole rings is 1. The molecule has 0 aromatic carbocycles. The zero-order chi connectivity index (χ0) is 11.7. The Labute approximate surface area is 95.2 Å². The van der Waals surface area contributed by atoms with Crippen LogP contribution in [0.15, 0.2) is 28.5 Å². The molecule has 2 N–H and O–H groups in total. The lowest BCUT2D eigenvalue weighted by molar-refractivity contribution is 0.100. The summed E-state index contributed by atoms with van der Waals surface area (Å²) in [5.74, 6) is -0.569. The summed E-state index contributed by atoms with van der Waals surface area (Å²) in [5, 5.41) is 2.38. The minimum atomic E-state index is -0.569. The van der Waals surface area contributed by atoms with E-state index in [0.717, 1.165) is 0 Å². The van der Waals surface area contributed by atoms with Crippen LogP contribution in [0, 0.1) is 0 Å². The molecule has 2 aromatic rings. The molecule has 16 heavy (non-hydrogen) atoms. The van der Waals surface area contributed by atoms with Crippen molar-refractivity contribution in [3.05, 3.63) is 39.6 Å². The van der Waals surface area contributed by atoms with Gasteiger partial charge in [0, 0.05) is 24.7 Å². The van der Waals surface area contributed by atoms with E-state index >= 15 is 0 Å². The van der Waals surface area contributed by atoms with Gasteiger partial charge in [-0.1, -0.05) is 0 Å². The van der Waals surface area contributed by atoms with E-state index in [0.29, 0.717) is 16.3 Å². The van der Waals surface area contributed by atoms with Crippen molar-refractivity contribution in [1.29, 1.82) is 0 Å². The molecular formula is C10H9N3O2S. The standard InChI is InChI=1S/C10H9N3O2S/c1-13-7(14)3-2-6(9(11)15)8(13)10-12-4-5-16-10/h2-5H,1H3,(H2,11,15). The second kappa shape index (κ2) is 3.90. The van der Waals surface area contributed by atoms with Crippen LogP contribution in [0.2, 0.25) is 0 Å². The summed E-state index contributed by atoms with van der Waals surface area (Å²) >= 11 is 1.35. The van der Waals surface area contributed by atoms with Gasteiger partial charge in [0.2, 0.25) is 0 Å². The molecule has 0 saturated heterocycles. The summed E-state index contributed by atoms with van der Waals surface area (Å²) < 4.78 is 1.37. The van der Waals surface area contributed by atoms with Crippen LogP contribution >= 0.6 is 11.3 Å². The molecule has 2 heterocycles. The zero-order valence-corrected chi connectivity index (χ0v) is 9.32. The average molecular weight is 235 g/mol. The highest BCUT2D eigenvalue weighted by Crippen LogP contribution is 2.23. The van der Waals surface area contributed by atoms with Crippen molar-refractivity contribution in [2.24, 2.45) is 12.8 Å². The van der Waals surface area contributed by atoms with Gasteiger partial charge in [0.1, 0.15) is 5.01 Å². The third-order valence-electron chi connectivity index (χ3n) is 2.21. The minimum absolute atomic E-state index is 0.199. The smallest absolute Gasteiger partial charge is 0.250 e. The number of hydrogen-bond acceptors (Lipinski definition) is 4. The van der Waals surface area contributed by atoms with E-state index in [4.69, 9.17) is 5.73 Å². The van der Waals surface area contributed by atoms with E-state index in [-0.39, 0.29) is 5.56 Å². The number of primary amides is 1. The highest BCUT2D eigenvalue weighted by molar-refractivity contribution is 7.13. The zero-order valence-electron chi connectivity index (χ0n) is 8.51. The van der Waals surface area contributed by atoms with E-state index in [2.05, 4.69) is 4.98 Å². The maximum atomic E-state index is 11.5. The SMILES string of the molecule is Cn1c(-c2nccs2)c(C(N)=O)ccc1=O. The van der Waals surface area contributed by atoms with E-state index in [1.54, 1.807) is 18.6 Å². The van der Waals surface area contributed by atoms with Crippen LogP contribution in [0.1, 0.15) is 10.4 Å². The highest BCUT2D eigenvalue weighted by atomic mass is 32.1. The molecule has 0 radical (unpaired) electrons. The van der Waals surface area contributed by atoms with Gasteiger partial charge < -0.3 is 10.3 Å². The molecule has 0 atom stereocenters. The number of carbonyl (C=O) groups is 1. The Hall–Kier alpha value is -1.95. The summed E-state index contributed by atoms with van der Waals surface area (Å²) in [6.07, 6.45) is 1.61. The number of rotatable bonds is 2. The van der Waals surface area contributed by atoms with Crippen LogP contribution in [0.5, 0.6) is 0 Å². The molecule has 0 aliphatic carbocycles. The van der Waals surface area contributed by atoms with E-state index in [1.165, 1.54) is 28.0 Å². The molecule has 2 aromatic heterocycles. The second-order valence-electron chi connectivity index (χ2n) is 3.19. The molecule has 0 spiro atoms. The van der Waals surface area contributed by atoms with Gasteiger partial charge in [0.25, 0.3) is 11.5 Å². The van der Waals surface area contributed by atoms with E-state index in [1.807, 2.05) is 0 Å². The summed E-state index contributed by atoms with van der Waals surface area (Å²) in [7, 11) is 1.59. The lowest BCUT2D eigenvalue weighted by Gasteiger charge is -2.08. The number of aromatic nitrogens is 2. The van der Waals surface area contributed by atoms with E-state index in [9.17, 15) is 9.59 Å². The molecule has 5 nitrogen and oxygen atoms in total. The number of nitrogens with zero attached hydrogens (tertiary/aromatic N) is 2. The Morgan fingerprint density at radius 2 is 2.25 bits per heavy atom. The fourth-order valence-electron chi connectivity index (χ4n) is 1.43. The van der Waals surface area contributed by atoms with Crippen molar-refractivity contribution >= 4 is 17.2 Å². The van der Waals surface area contributed by atoms with Crippen LogP contribution < -0.4 is 11.3 Å². The minimum Gasteiger partial charge on any atom is -0.366 e. The molecule has 0 unspecified atom stereocenters. The normalized spacial score (nSPS) is 10.3. The lowest BCUT2D eigenvalue weighted by atomic mass is 10.2. The lowest BCUT2D eigenvalue weighted by Crippen LogP contribution is -2.23. The molecule has 0 aliphatic heterocycles. The quantitative estimate of drug-likeness (QED) is 0.828. The van der Waals surface area contributed by atoms with Gasteiger partial charge in [0.05, 0.1) is 11.3 Å². The summed E-state index contributed by atoms with van der Waals surface area (Å²) in [4.78, 5) is 26.8. The number of hydrogen-bond donors (Lipinski definition) is 1. The van der Waals surface area contributed by atoms with Crippen molar-refractivity contribution in [1.82, 2.24) is 9.55 Å². The van der Waals surface area contributed by atoms with Gasteiger partial charge in [-0.15, -0.1) is 11.3 Å². The van der Waals surface area contributed by atoms with Crippen LogP contribution in [-0.2, 0) is 7.05 Å². The first-order valence-corrected chi connectivity index (χ1v) is 5.39. The number of nitrogens with two attached hydrogens (primary N) is 1. The first-order chi connectivity index (χ1) is 7.61. The topological polar surface area (TPSA) is 78.0 Å². The molecule has 2 rings (SSSR count). The maximum absolute atomic E-state index is 11.5. The van der Waals surface area contributed by atoms with E-state index < -0.39 is 5.91 Å². The van der Waals surface area contributed by atoms with Gasteiger partial charge in [-0.2, -0.15) is 0 Å². The first kappa shape index (κ1) is 10.6. The van der Waals surface area contributed by atoms with Gasteiger partial charge >= 0.3 is 0 Å². The Kier molecular flexibility index (Phi) is 2.57. The molecule has 6 heteroatoms. The predicted molar refractivity (Wildman–Crippen MR) is 61.3 cm³/mol. The molecule has 82 valence electrons. The maximum Gasteiger partial charge on any atom is 0.250 e. The third-order valence-corrected chi connectivity index (χ3v) is 2.99. The summed E-state index contributed by atoms with van der Waals surface area (Å²) in [5.41, 5.74) is 5.83. The van der Waals surface area contributed by atoms with Crippen molar-refractivity contribution in [3.63, 3.8) is 0 Å². The van der Waals surface area contributed by atoms with Crippen molar-refractivity contribution in [3.8, 4) is 10.7 Å². The Morgan fingerprint density at radius 3 is 2.81 bits per heavy atom. The second-order valence-corrected chi connectivity index (χ2v) is 4.09. The van der Waals surface area contributed by atoms with Crippen molar-refractivity contribution in [2.75, 3.05) is 0 Å². The fourth-order valence-corrected chi connectivity index (χ4v) is 2.16. The molecule has 0 fully saturated rings. The number of pyridine rings is 1. The molecular weight excluding hydrogens is 226 g/mol. The number of amides is 1. The van der Waals surface area contributed by atoms with Gasteiger partial charge in [-0.25, -0.2) is 4.98 Å². The summed E-state index contributed by atoms with van der Waals surface area (Å²) in [6.45, 7) is 0. The molecule has 0 saturated carbocycles. The summed E-state index contributed by atoms with van der Waals surface area (Å²) in [6, 6.07) is 2.75. The monoisotopic (exact) mass is 235 g/mol. The Morgan fingerprint density at radius 1 is 1.50 bits per heavy atom. The first-order valence-electron chi connectivity index (χ1n) is 4.51. The third kappa shape index (κ3) is 1.63. The Balaban J connectivity index is 2.79. The molecule has 0 bridgehead atoms. The van der Waals surface area contributed by atoms with Crippen LogP contribution in [0.25, 0.3) is 10.7 Å². The number of carbonyl (C=O) groups excluding carboxylic acids is 1. The Bertz CT molecular complexity index is 587. The predicted octanol–water partition coefficient (Wildman–Crippen LogP) is 0.608.